The molecule has 0 amide bonds. The molecule has 0 rings (SSSR count). The fraction of sp³-hybridized carbons (Fsp3) is 1.00. The molecule has 0 radical (unpaired) electrons. The lowest BCUT2D eigenvalue weighted by Crippen LogP contribution is -2.49. The molecule has 0 saturated heterocycles. The molecule has 0 saturated carbocycles. The first-order valence-electron chi connectivity index (χ1n) is 2.51. The third-order valence-electron chi connectivity index (χ3n) is 1.15. The van der Waals surface area contributed by atoms with Crippen molar-refractivity contribution in [1.29, 1.82) is 0 Å². The molecule has 0 spiro atoms. The zero-order valence-corrected chi connectivity index (χ0v) is 7.96. The predicted octanol–water partition coefficient (Wildman–Crippen LogP) is -3.11. The molecular weight excluding hydrogens is 140 g/mol. The zero-order chi connectivity index (χ0) is 6.62. The SMILES string of the molecule is OC[Si]([SiH3])(CO)CO. The summed E-state index contributed by atoms with van der Waals surface area (Å²) >= 11 is 0. The number of aliphatic hydroxyl groups is 3. The topological polar surface area (TPSA) is 60.7 Å². The van der Waals surface area contributed by atoms with E-state index < -0.39 is 7.59 Å². The van der Waals surface area contributed by atoms with Crippen LogP contribution in [0.2, 0.25) is 0 Å². The summed E-state index contributed by atoms with van der Waals surface area (Å²) in [4.78, 5) is 0. The van der Waals surface area contributed by atoms with Crippen LogP contribution in [-0.4, -0.2) is 51.4 Å². The van der Waals surface area contributed by atoms with E-state index in [1.165, 1.54) is 0 Å². The monoisotopic (exact) mass is 152 g/mol. The fourth-order valence-corrected chi connectivity index (χ4v) is 0.450. The average Bonchev–Trinajstić information content (AvgIpc) is 1.87. The minimum absolute atomic E-state index is 0.0201. The van der Waals surface area contributed by atoms with E-state index in [1.54, 1.807) is 0 Å². The van der Waals surface area contributed by atoms with Gasteiger partial charge in [-0.25, -0.2) is 0 Å². The molecule has 0 unspecified atom stereocenters. The summed E-state index contributed by atoms with van der Waals surface area (Å²) in [5, 5.41) is 25.7. The van der Waals surface area contributed by atoms with Crippen LogP contribution < -0.4 is 0 Å². The Hall–Kier alpha value is 0.314. The highest BCUT2D eigenvalue weighted by molar-refractivity contribution is 7.17. The summed E-state index contributed by atoms with van der Waals surface area (Å²) in [5.74, 6) is 0. The van der Waals surface area contributed by atoms with Gasteiger partial charge in [0.2, 0.25) is 0 Å². The Labute approximate surface area is 52.2 Å². The average molecular weight is 152 g/mol. The molecule has 0 aromatic carbocycles. The summed E-state index contributed by atoms with van der Waals surface area (Å²) in [6.07, 6.45) is 0.0602. The van der Waals surface area contributed by atoms with Gasteiger partial charge < -0.3 is 15.3 Å². The Kier molecular flexibility index (Phi) is 3.49. The second-order valence-electron chi connectivity index (χ2n) is 2.29. The van der Waals surface area contributed by atoms with Crippen LogP contribution in [0.15, 0.2) is 0 Å². The summed E-state index contributed by atoms with van der Waals surface area (Å²) in [5.41, 5.74) is 0. The number of hydrogen-bond acceptors (Lipinski definition) is 3. The van der Waals surface area contributed by atoms with E-state index in [-0.39, 0.29) is 18.7 Å². The molecule has 0 aromatic rings. The fourth-order valence-electron chi connectivity index (χ4n) is 0.150. The van der Waals surface area contributed by atoms with E-state index in [9.17, 15) is 0 Å². The van der Waals surface area contributed by atoms with Gasteiger partial charge in [0.25, 0.3) is 0 Å². The number of hydrogen-bond donors (Lipinski definition) is 3. The quantitative estimate of drug-likeness (QED) is 0.375. The van der Waals surface area contributed by atoms with Crippen molar-refractivity contribution < 1.29 is 15.3 Å². The smallest absolute Gasteiger partial charge is 0.122 e. The zero-order valence-electron chi connectivity index (χ0n) is 4.96. The highest BCUT2D eigenvalue weighted by Crippen LogP contribution is 1.90. The third-order valence-corrected chi connectivity index (χ3v) is 6.28. The van der Waals surface area contributed by atoms with E-state index >= 15 is 0 Å². The number of aliphatic hydroxyl groups excluding tert-OH is 3. The molecule has 0 aliphatic heterocycles. The highest BCUT2D eigenvalue weighted by Gasteiger charge is 2.23. The van der Waals surface area contributed by atoms with Crippen molar-refractivity contribution in [2.24, 2.45) is 0 Å². The van der Waals surface area contributed by atoms with Gasteiger partial charge >= 0.3 is 0 Å². The highest BCUT2D eigenvalue weighted by atomic mass is 29.2. The van der Waals surface area contributed by atoms with Gasteiger partial charge in [0.15, 0.2) is 0 Å². The lowest BCUT2D eigenvalue weighted by atomic mass is 11.6. The van der Waals surface area contributed by atoms with Crippen molar-refractivity contribution in [3.63, 3.8) is 0 Å². The van der Waals surface area contributed by atoms with Gasteiger partial charge in [0.05, 0.1) is 0 Å². The molecule has 3 nitrogen and oxygen atoms in total. The van der Waals surface area contributed by atoms with Crippen molar-refractivity contribution in [2.75, 3.05) is 18.7 Å². The largest absolute Gasteiger partial charge is 0.400 e. The molecular formula is C3H12O3Si2. The summed E-state index contributed by atoms with van der Waals surface area (Å²) in [6.45, 7) is 0. The molecule has 50 valence electrons. The van der Waals surface area contributed by atoms with Crippen LogP contribution in [0.25, 0.3) is 0 Å². The van der Waals surface area contributed by atoms with Gasteiger partial charge in [-0.1, -0.05) is 0 Å². The van der Waals surface area contributed by atoms with Crippen LogP contribution in [0.3, 0.4) is 0 Å². The molecule has 0 heterocycles. The standard InChI is InChI=1S/C3H12O3Si2/c4-1-8(7,2-5)3-6/h4-6H,1-3H2,7H3. The van der Waals surface area contributed by atoms with Crippen LogP contribution in [-0.2, 0) is 0 Å². The molecule has 3 N–H and O–H groups in total. The van der Waals surface area contributed by atoms with Gasteiger partial charge in [0, 0.05) is 28.5 Å². The molecule has 5 heteroatoms. The van der Waals surface area contributed by atoms with Crippen molar-refractivity contribution >= 4 is 17.4 Å². The van der Waals surface area contributed by atoms with Crippen molar-refractivity contribution in [3.05, 3.63) is 0 Å². The van der Waals surface area contributed by atoms with Crippen molar-refractivity contribution in [1.82, 2.24) is 0 Å². The maximum Gasteiger partial charge on any atom is 0.122 e. The van der Waals surface area contributed by atoms with Crippen molar-refractivity contribution in [3.8, 4) is 0 Å². The lowest BCUT2D eigenvalue weighted by molar-refractivity contribution is 0.295. The summed E-state index contributed by atoms with van der Waals surface area (Å²) in [7, 11) is -1.11. The van der Waals surface area contributed by atoms with Gasteiger partial charge in [-0.2, -0.15) is 0 Å². The van der Waals surface area contributed by atoms with Gasteiger partial charge in [-0.15, -0.1) is 0 Å². The van der Waals surface area contributed by atoms with E-state index in [1.807, 2.05) is 0 Å². The van der Waals surface area contributed by atoms with Gasteiger partial charge in [-0.05, 0) is 0 Å². The Morgan fingerprint density at radius 1 is 1.00 bits per heavy atom. The van der Waals surface area contributed by atoms with E-state index in [2.05, 4.69) is 0 Å². The maximum atomic E-state index is 8.56. The van der Waals surface area contributed by atoms with E-state index in [4.69, 9.17) is 15.3 Å². The molecule has 0 aliphatic rings. The Morgan fingerprint density at radius 2 is 1.25 bits per heavy atom. The molecule has 0 fully saturated rings. The Balaban J connectivity index is 3.58. The van der Waals surface area contributed by atoms with E-state index in [0.717, 1.165) is 9.76 Å². The Morgan fingerprint density at radius 3 is 1.25 bits per heavy atom. The summed E-state index contributed by atoms with van der Waals surface area (Å²) < 4.78 is 0. The van der Waals surface area contributed by atoms with Crippen LogP contribution >= 0.6 is 0 Å². The lowest BCUT2D eigenvalue weighted by Gasteiger charge is -2.17. The van der Waals surface area contributed by atoms with Crippen LogP contribution in [0.1, 0.15) is 0 Å². The molecule has 8 heavy (non-hydrogen) atoms. The van der Waals surface area contributed by atoms with E-state index in [0.29, 0.717) is 0 Å². The first kappa shape index (κ1) is 8.31. The van der Waals surface area contributed by atoms with Gasteiger partial charge in [-0.3, -0.25) is 0 Å². The molecule has 0 aromatic heterocycles. The van der Waals surface area contributed by atoms with Gasteiger partial charge in [0.1, 0.15) is 7.59 Å². The maximum absolute atomic E-state index is 8.56. The minimum atomic E-state index is -1.87. The molecule has 0 bridgehead atoms. The minimum Gasteiger partial charge on any atom is -0.400 e. The Bertz CT molecular complexity index is 55.3. The predicted molar refractivity (Wildman–Crippen MR) is 37.0 cm³/mol. The molecule has 0 aliphatic carbocycles. The summed E-state index contributed by atoms with van der Waals surface area (Å²) in [6, 6.07) is 0. The molecule has 0 atom stereocenters. The first-order chi connectivity index (χ1) is 3.68. The third kappa shape index (κ3) is 2.06. The van der Waals surface area contributed by atoms with Crippen molar-refractivity contribution in [2.45, 2.75) is 0 Å². The second-order valence-corrected chi connectivity index (χ2v) is 13.2. The van der Waals surface area contributed by atoms with Crippen LogP contribution in [0, 0.1) is 0 Å². The normalized spacial score (nSPS) is 12.4. The number of rotatable bonds is 3. The first-order valence-corrected chi connectivity index (χ1v) is 8.63. The van der Waals surface area contributed by atoms with Crippen LogP contribution in [0.5, 0.6) is 0 Å². The second kappa shape index (κ2) is 3.36. The van der Waals surface area contributed by atoms with Crippen LogP contribution in [0.4, 0.5) is 0 Å².